The molecule has 156 valence electrons. The minimum atomic E-state index is -4.13. The van der Waals surface area contributed by atoms with Crippen LogP contribution in [-0.4, -0.2) is 26.3 Å². The van der Waals surface area contributed by atoms with Crippen LogP contribution in [0.2, 0.25) is 0 Å². The van der Waals surface area contributed by atoms with Gasteiger partial charge < -0.3 is 14.5 Å². The highest BCUT2D eigenvalue weighted by atomic mass is 32.2. The number of amides is 2. The van der Waals surface area contributed by atoms with Crippen molar-refractivity contribution in [2.24, 2.45) is 0 Å². The summed E-state index contributed by atoms with van der Waals surface area (Å²) < 4.78 is 38.4. The first kappa shape index (κ1) is 20.0. The number of furan rings is 1. The molecule has 2 heterocycles. The van der Waals surface area contributed by atoms with Crippen molar-refractivity contribution in [1.29, 1.82) is 0 Å². The van der Waals surface area contributed by atoms with Crippen LogP contribution in [0, 0.1) is 6.92 Å². The van der Waals surface area contributed by atoms with Crippen LogP contribution in [0.25, 0.3) is 11.0 Å². The molecule has 1 atom stereocenters. The summed E-state index contributed by atoms with van der Waals surface area (Å²) in [7, 11) is -4.13. The summed E-state index contributed by atoms with van der Waals surface area (Å²) in [5.74, 6) is -0.653. The van der Waals surface area contributed by atoms with Gasteiger partial charge >= 0.3 is 0 Å². The Kier molecular flexibility index (Phi) is 4.98. The number of aryl methyl sites for hydroxylation is 1. The third-order valence-electron chi connectivity index (χ3n) is 4.86. The van der Waals surface area contributed by atoms with Crippen LogP contribution in [-0.2, 0) is 26.0 Å². The molecule has 1 aliphatic heterocycles. The smallest absolute Gasteiger partial charge is 0.265 e. The molecule has 3 aromatic rings. The van der Waals surface area contributed by atoms with Gasteiger partial charge in [0.15, 0.2) is 6.10 Å². The molecule has 4 rings (SSSR count). The number of benzene rings is 2. The fourth-order valence-corrected chi connectivity index (χ4v) is 4.32. The molecule has 0 saturated carbocycles. The quantitative estimate of drug-likeness (QED) is 0.646. The number of hydrogen-bond acceptors (Lipinski definition) is 6. The van der Waals surface area contributed by atoms with Gasteiger partial charge in [0.1, 0.15) is 11.3 Å². The zero-order chi connectivity index (χ0) is 21.5. The Morgan fingerprint density at radius 1 is 1.20 bits per heavy atom. The van der Waals surface area contributed by atoms with Gasteiger partial charge in [0.05, 0.1) is 23.3 Å². The van der Waals surface area contributed by atoms with E-state index in [-0.39, 0.29) is 22.9 Å². The summed E-state index contributed by atoms with van der Waals surface area (Å²) in [4.78, 5) is 24.2. The second-order valence-corrected chi connectivity index (χ2v) is 8.81. The molecular weight excluding hydrogens is 408 g/mol. The molecule has 9 heteroatoms. The highest BCUT2D eigenvalue weighted by molar-refractivity contribution is 7.90. The molecule has 2 amide bonds. The third-order valence-corrected chi connectivity index (χ3v) is 6.23. The highest BCUT2D eigenvalue weighted by Crippen LogP contribution is 2.32. The van der Waals surface area contributed by atoms with Crippen molar-refractivity contribution in [2.75, 3.05) is 5.32 Å². The second kappa shape index (κ2) is 7.49. The van der Waals surface area contributed by atoms with Gasteiger partial charge in [-0.05, 0) is 43.2 Å². The molecule has 0 radical (unpaired) electrons. The Balaban J connectivity index is 1.52. The summed E-state index contributed by atoms with van der Waals surface area (Å²) in [6.45, 7) is 3.74. The van der Waals surface area contributed by atoms with Crippen molar-refractivity contribution in [3.8, 4) is 5.75 Å². The van der Waals surface area contributed by atoms with E-state index in [1.165, 1.54) is 24.5 Å². The van der Waals surface area contributed by atoms with Crippen molar-refractivity contribution in [3.63, 3.8) is 0 Å². The molecule has 0 bridgehead atoms. The lowest BCUT2D eigenvalue weighted by Crippen LogP contribution is -2.36. The molecule has 0 spiro atoms. The van der Waals surface area contributed by atoms with E-state index in [2.05, 4.69) is 10.0 Å². The van der Waals surface area contributed by atoms with Crippen molar-refractivity contribution in [2.45, 2.75) is 37.7 Å². The zero-order valence-electron chi connectivity index (χ0n) is 16.4. The number of carbonyl (C=O) groups excluding carboxylic acids is 2. The lowest BCUT2D eigenvalue weighted by Gasteiger charge is -2.25. The third kappa shape index (κ3) is 3.76. The first-order valence-electron chi connectivity index (χ1n) is 9.41. The van der Waals surface area contributed by atoms with Gasteiger partial charge in [-0.25, -0.2) is 13.1 Å². The predicted molar refractivity (Wildman–Crippen MR) is 110 cm³/mol. The van der Waals surface area contributed by atoms with Crippen molar-refractivity contribution in [1.82, 2.24) is 4.72 Å². The molecule has 8 nitrogen and oxygen atoms in total. The number of sulfonamides is 1. The van der Waals surface area contributed by atoms with Gasteiger partial charge in [0.2, 0.25) is 5.91 Å². The Labute approximate surface area is 173 Å². The van der Waals surface area contributed by atoms with E-state index in [0.717, 1.165) is 10.9 Å². The summed E-state index contributed by atoms with van der Waals surface area (Å²) in [6.07, 6.45) is 1.17. The fraction of sp³-hybridized carbons (Fsp3) is 0.238. The van der Waals surface area contributed by atoms with E-state index in [1.807, 2.05) is 32.0 Å². The van der Waals surface area contributed by atoms with Gasteiger partial charge in [-0.2, -0.15) is 0 Å². The summed E-state index contributed by atoms with van der Waals surface area (Å²) >= 11 is 0. The molecular formula is C21H20N2O6S. The fourth-order valence-electron chi connectivity index (χ4n) is 3.31. The van der Waals surface area contributed by atoms with Gasteiger partial charge in [-0.15, -0.1) is 0 Å². The molecule has 0 aliphatic carbocycles. The van der Waals surface area contributed by atoms with E-state index in [9.17, 15) is 18.0 Å². The maximum atomic E-state index is 12.7. The summed E-state index contributed by atoms with van der Waals surface area (Å²) in [5, 5.41) is 3.39. The van der Waals surface area contributed by atoms with E-state index in [0.29, 0.717) is 23.3 Å². The van der Waals surface area contributed by atoms with Crippen molar-refractivity contribution in [3.05, 3.63) is 53.8 Å². The van der Waals surface area contributed by atoms with E-state index < -0.39 is 22.0 Å². The maximum Gasteiger partial charge on any atom is 0.265 e. The van der Waals surface area contributed by atoms with Crippen LogP contribution in [0.1, 0.15) is 24.5 Å². The van der Waals surface area contributed by atoms with Crippen LogP contribution in [0.15, 0.2) is 52.0 Å². The highest BCUT2D eigenvalue weighted by Gasteiger charge is 2.28. The molecule has 1 unspecified atom stereocenters. The molecule has 2 aromatic carbocycles. The Morgan fingerprint density at radius 2 is 2.00 bits per heavy atom. The van der Waals surface area contributed by atoms with E-state index in [4.69, 9.17) is 9.15 Å². The van der Waals surface area contributed by atoms with Crippen LogP contribution in [0.4, 0.5) is 5.69 Å². The topological polar surface area (TPSA) is 115 Å². The molecule has 1 aromatic heterocycles. The van der Waals surface area contributed by atoms with Crippen molar-refractivity contribution < 1.29 is 27.2 Å². The lowest BCUT2D eigenvalue weighted by molar-refractivity contribution is -0.123. The largest absolute Gasteiger partial charge is 0.478 e. The number of hydrogen-bond donors (Lipinski definition) is 2. The minimum absolute atomic E-state index is 0.152. The second-order valence-electron chi connectivity index (χ2n) is 7.13. The summed E-state index contributed by atoms with van der Waals surface area (Å²) in [6, 6.07) is 9.63. The zero-order valence-corrected chi connectivity index (χ0v) is 17.2. The SMILES string of the molecule is CCC1Oc2ccc(S(=O)(=O)NC(=O)Cc3coc4cc(C)ccc34)cc2NC1=O. The first-order chi connectivity index (χ1) is 14.3. The predicted octanol–water partition coefficient (Wildman–Crippen LogP) is 2.90. The van der Waals surface area contributed by atoms with Gasteiger partial charge in [0.25, 0.3) is 15.9 Å². The number of fused-ring (bicyclic) bond motifs is 2. The Bertz CT molecular complexity index is 1260. The van der Waals surface area contributed by atoms with E-state index >= 15 is 0 Å². The number of nitrogens with one attached hydrogen (secondary N) is 2. The number of rotatable bonds is 5. The normalized spacial score (nSPS) is 15.9. The molecule has 0 saturated heterocycles. The Morgan fingerprint density at radius 3 is 2.77 bits per heavy atom. The van der Waals surface area contributed by atoms with Crippen molar-refractivity contribution >= 4 is 38.5 Å². The van der Waals surface area contributed by atoms with Crippen LogP contribution < -0.4 is 14.8 Å². The average Bonchev–Trinajstić information content (AvgIpc) is 3.08. The molecule has 30 heavy (non-hydrogen) atoms. The Hall–Kier alpha value is -3.33. The van der Waals surface area contributed by atoms with E-state index in [1.54, 1.807) is 0 Å². The summed E-state index contributed by atoms with van der Waals surface area (Å²) in [5.41, 5.74) is 2.49. The first-order valence-corrected chi connectivity index (χ1v) is 10.9. The number of anilines is 1. The van der Waals surface area contributed by atoms with Crippen LogP contribution in [0.5, 0.6) is 5.75 Å². The van der Waals surface area contributed by atoms with Gasteiger partial charge in [-0.1, -0.05) is 19.1 Å². The number of carbonyl (C=O) groups is 2. The number of ether oxygens (including phenoxy) is 1. The maximum absolute atomic E-state index is 12.7. The van der Waals surface area contributed by atoms with Gasteiger partial charge in [-0.3, -0.25) is 9.59 Å². The van der Waals surface area contributed by atoms with Crippen LogP contribution >= 0.6 is 0 Å². The molecule has 2 N–H and O–H groups in total. The molecule has 0 fully saturated rings. The lowest BCUT2D eigenvalue weighted by atomic mass is 10.1. The van der Waals surface area contributed by atoms with Crippen LogP contribution in [0.3, 0.4) is 0 Å². The molecule has 1 aliphatic rings. The minimum Gasteiger partial charge on any atom is -0.478 e. The van der Waals surface area contributed by atoms with Gasteiger partial charge in [0, 0.05) is 10.9 Å². The monoisotopic (exact) mass is 428 g/mol. The standard InChI is InChI=1S/C21H20N2O6S/c1-3-17-21(25)22-16-10-14(5-7-18(16)29-17)30(26,27)23-20(24)9-13-11-28-19-8-12(2)4-6-15(13)19/h4-8,10-11,17H,3,9H2,1-2H3,(H,22,25)(H,23,24). The average molecular weight is 428 g/mol.